The number of piperidine rings is 1. The van der Waals surface area contributed by atoms with Crippen LogP contribution in [-0.2, 0) is 21.4 Å². The van der Waals surface area contributed by atoms with Crippen molar-refractivity contribution in [1.82, 2.24) is 4.90 Å². The number of benzene rings is 1. The molecule has 1 aromatic carbocycles. The minimum absolute atomic E-state index is 0.0719. The van der Waals surface area contributed by atoms with Gasteiger partial charge in [-0.25, -0.2) is 0 Å². The smallest absolute Gasteiger partial charge is 0.220 e. The summed E-state index contributed by atoms with van der Waals surface area (Å²) < 4.78 is 16.6. The fourth-order valence-electron chi connectivity index (χ4n) is 5.00. The number of phenols is 1. The van der Waals surface area contributed by atoms with Crippen LogP contribution in [0.3, 0.4) is 0 Å². The van der Waals surface area contributed by atoms with Crippen LogP contribution in [0.5, 0.6) is 17.2 Å². The molecule has 0 unspecified atom stereocenters. The third kappa shape index (κ3) is 2.39. The number of carbonyl (C=O) groups excluding carboxylic acids is 1. The Kier molecular flexibility index (Phi) is 4.18. The number of ether oxygens (including phenoxy) is 3. The minimum atomic E-state index is -0.505. The van der Waals surface area contributed by atoms with Crippen LogP contribution in [0, 0.1) is 0 Å². The van der Waals surface area contributed by atoms with E-state index in [4.69, 9.17) is 14.2 Å². The number of likely N-dealkylation sites (tertiary alicyclic amines) is 1. The van der Waals surface area contributed by atoms with E-state index in [2.05, 4.69) is 11.9 Å². The largest absolute Gasteiger partial charge is 0.504 e. The molecule has 1 heterocycles. The molecule has 0 saturated carbocycles. The van der Waals surface area contributed by atoms with E-state index in [0.717, 1.165) is 42.5 Å². The highest BCUT2D eigenvalue weighted by atomic mass is 16.5. The fourth-order valence-corrected chi connectivity index (χ4v) is 5.00. The molecule has 0 aromatic heterocycles. The molecule has 27 heavy (non-hydrogen) atoms. The number of hydrogen-bond donors (Lipinski definition) is 1. The van der Waals surface area contributed by atoms with E-state index in [1.807, 2.05) is 6.08 Å². The van der Waals surface area contributed by atoms with E-state index in [9.17, 15) is 9.90 Å². The summed E-state index contributed by atoms with van der Waals surface area (Å²) in [6.45, 7) is 0.884. The van der Waals surface area contributed by atoms with Gasteiger partial charge in [-0.3, -0.25) is 9.69 Å². The number of aromatic hydroxyl groups is 1. The predicted molar refractivity (Wildman–Crippen MR) is 100 cm³/mol. The van der Waals surface area contributed by atoms with Gasteiger partial charge in [0.1, 0.15) is 0 Å². The van der Waals surface area contributed by atoms with Gasteiger partial charge < -0.3 is 19.3 Å². The lowest BCUT2D eigenvalue weighted by Gasteiger charge is -2.47. The average molecular weight is 371 g/mol. The van der Waals surface area contributed by atoms with Gasteiger partial charge >= 0.3 is 0 Å². The van der Waals surface area contributed by atoms with Crippen molar-refractivity contribution in [2.75, 3.05) is 34.9 Å². The predicted octanol–water partition coefficient (Wildman–Crippen LogP) is 2.34. The summed E-state index contributed by atoms with van der Waals surface area (Å²) in [6.07, 6.45) is 6.14. The number of fused-ring (bicyclic) bond motifs is 1. The van der Waals surface area contributed by atoms with Crippen LogP contribution in [0.4, 0.5) is 0 Å². The highest BCUT2D eigenvalue weighted by Gasteiger charge is 2.51. The first-order valence-electron chi connectivity index (χ1n) is 9.17. The van der Waals surface area contributed by atoms with Gasteiger partial charge in [-0.2, -0.15) is 0 Å². The zero-order valence-corrected chi connectivity index (χ0v) is 16.2. The summed E-state index contributed by atoms with van der Waals surface area (Å²) in [6, 6.07) is 1.93. The molecule has 0 amide bonds. The first-order chi connectivity index (χ1) is 13.0. The molecule has 1 aromatic rings. The maximum Gasteiger partial charge on any atom is 0.220 e. The van der Waals surface area contributed by atoms with Crippen LogP contribution in [-0.4, -0.2) is 56.8 Å². The van der Waals surface area contributed by atoms with Gasteiger partial charge in [-0.05, 0) is 62.2 Å². The first kappa shape index (κ1) is 17.9. The van der Waals surface area contributed by atoms with Crippen molar-refractivity contribution in [3.05, 3.63) is 40.7 Å². The second kappa shape index (κ2) is 6.30. The van der Waals surface area contributed by atoms with Crippen LogP contribution in [0.1, 0.15) is 24.0 Å². The molecule has 144 valence electrons. The molecule has 0 radical (unpaired) electrons. The van der Waals surface area contributed by atoms with E-state index in [0.29, 0.717) is 17.3 Å². The van der Waals surface area contributed by atoms with E-state index < -0.39 is 5.41 Å². The average Bonchev–Trinajstić information content (AvgIpc) is 2.75. The van der Waals surface area contributed by atoms with Gasteiger partial charge in [-0.15, -0.1) is 0 Å². The molecule has 2 bridgehead atoms. The molecule has 0 spiro atoms. The SMILES string of the molecule is COC1=C[C@@]23CCN(C)[C@@H](CCc4cc(O)c(OC)c(OC)c42)C3=CC1=O. The van der Waals surface area contributed by atoms with Gasteiger partial charge in [0.2, 0.25) is 11.5 Å². The summed E-state index contributed by atoms with van der Waals surface area (Å²) in [5, 5.41) is 10.5. The number of nitrogens with zero attached hydrogens (tertiary/aromatic N) is 1. The van der Waals surface area contributed by atoms with Crippen molar-refractivity contribution >= 4 is 5.78 Å². The molecule has 3 aliphatic rings. The zero-order chi connectivity index (χ0) is 19.3. The summed E-state index contributed by atoms with van der Waals surface area (Å²) in [5.74, 6) is 1.18. The third-order valence-electron chi connectivity index (χ3n) is 6.23. The van der Waals surface area contributed by atoms with Crippen LogP contribution < -0.4 is 9.47 Å². The number of methoxy groups -OCH3 is 3. The molecule has 2 aliphatic carbocycles. The number of likely N-dealkylation sites (N-methyl/N-ethyl adjacent to an activating group) is 1. The Hall–Kier alpha value is -2.47. The Labute approximate surface area is 159 Å². The Morgan fingerprint density at radius 3 is 2.59 bits per heavy atom. The fraction of sp³-hybridized carbons (Fsp3) is 0.476. The minimum Gasteiger partial charge on any atom is -0.504 e. The Morgan fingerprint density at radius 1 is 1.19 bits per heavy atom. The highest BCUT2D eigenvalue weighted by molar-refractivity contribution is 6.05. The lowest BCUT2D eigenvalue weighted by molar-refractivity contribution is -0.114. The molecule has 4 rings (SSSR count). The monoisotopic (exact) mass is 371 g/mol. The third-order valence-corrected chi connectivity index (χ3v) is 6.23. The molecular formula is C21H25NO5. The molecule has 1 fully saturated rings. The topological polar surface area (TPSA) is 68.2 Å². The van der Waals surface area contributed by atoms with Crippen LogP contribution >= 0.6 is 0 Å². The van der Waals surface area contributed by atoms with Crippen molar-refractivity contribution in [2.45, 2.75) is 30.7 Å². The normalized spacial score (nSPS) is 27.0. The molecule has 2 atom stereocenters. The highest BCUT2D eigenvalue weighted by Crippen LogP contribution is 2.56. The van der Waals surface area contributed by atoms with Gasteiger partial charge in [0, 0.05) is 17.0 Å². The summed E-state index contributed by atoms with van der Waals surface area (Å²) in [7, 11) is 6.73. The number of rotatable bonds is 3. The first-order valence-corrected chi connectivity index (χ1v) is 9.17. The van der Waals surface area contributed by atoms with E-state index >= 15 is 0 Å². The Balaban J connectivity index is 2.08. The number of carbonyl (C=O) groups is 1. The molecule has 1 saturated heterocycles. The number of hydrogen-bond acceptors (Lipinski definition) is 6. The van der Waals surface area contributed by atoms with Crippen molar-refractivity contribution in [3.63, 3.8) is 0 Å². The summed E-state index contributed by atoms with van der Waals surface area (Å²) in [4.78, 5) is 14.9. The van der Waals surface area contributed by atoms with Crippen molar-refractivity contribution < 1.29 is 24.1 Å². The number of phenolic OH excluding ortho intramolecular Hbond substituents is 1. The van der Waals surface area contributed by atoms with E-state index in [1.54, 1.807) is 19.3 Å². The van der Waals surface area contributed by atoms with Crippen LogP contribution in [0.15, 0.2) is 29.6 Å². The van der Waals surface area contributed by atoms with Crippen molar-refractivity contribution in [2.24, 2.45) is 0 Å². The summed E-state index contributed by atoms with van der Waals surface area (Å²) >= 11 is 0. The maximum absolute atomic E-state index is 12.6. The second-order valence-electron chi connectivity index (χ2n) is 7.43. The summed E-state index contributed by atoms with van der Waals surface area (Å²) in [5.41, 5.74) is 2.57. The van der Waals surface area contributed by atoms with Crippen LogP contribution in [0.25, 0.3) is 0 Å². The molecule has 1 aliphatic heterocycles. The van der Waals surface area contributed by atoms with Gasteiger partial charge in [-0.1, -0.05) is 0 Å². The standard InChI is InChI=1S/C21H25NO5/c1-22-8-7-21-11-17(25-2)15(23)10-13(21)14(22)6-5-12-9-16(24)19(26-3)20(27-4)18(12)21/h9-11,14,24H,5-8H2,1-4H3/t14-,21+/m0/s1. The zero-order valence-electron chi connectivity index (χ0n) is 16.2. The van der Waals surface area contributed by atoms with E-state index in [1.165, 1.54) is 14.2 Å². The quantitative estimate of drug-likeness (QED) is 0.880. The van der Waals surface area contributed by atoms with Gasteiger partial charge in [0.25, 0.3) is 0 Å². The van der Waals surface area contributed by atoms with Crippen LogP contribution in [0.2, 0.25) is 0 Å². The lowest BCUT2D eigenvalue weighted by atomic mass is 9.64. The Morgan fingerprint density at radius 2 is 1.93 bits per heavy atom. The number of aryl methyl sites for hydroxylation is 1. The number of allylic oxidation sites excluding steroid dienone is 2. The van der Waals surface area contributed by atoms with Gasteiger partial charge in [0.05, 0.1) is 21.3 Å². The molecule has 6 heteroatoms. The maximum atomic E-state index is 12.6. The molecular weight excluding hydrogens is 346 g/mol. The number of ketones is 1. The molecule has 6 nitrogen and oxygen atoms in total. The van der Waals surface area contributed by atoms with Crippen molar-refractivity contribution in [1.29, 1.82) is 0 Å². The van der Waals surface area contributed by atoms with Gasteiger partial charge in [0.15, 0.2) is 17.3 Å². The lowest BCUT2D eigenvalue weighted by Crippen LogP contribution is -2.49. The van der Waals surface area contributed by atoms with Crippen molar-refractivity contribution in [3.8, 4) is 17.2 Å². The molecule has 1 N–H and O–H groups in total. The van der Waals surface area contributed by atoms with E-state index in [-0.39, 0.29) is 17.6 Å². The second-order valence-corrected chi connectivity index (χ2v) is 7.43. The Bertz CT molecular complexity index is 872.